The second-order valence-electron chi connectivity index (χ2n) is 6.06. The number of aryl methyl sites for hydroxylation is 1. The smallest absolute Gasteiger partial charge is 0.230 e. The van der Waals surface area contributed by atoms with Crippen molar-refractivity contribution in [1.29, 1.82) is 0 Å². The topological polar surface area (TPSA) is 38.3 Å². The molecular weight excluding hydrogens is 318 g/mol. The number of thioether (sulfide) groups is 1. The summed E-state index contributed by atoms with van der Waals surface area (Å²) >= 11 is 1.58. The first kappa shape index (κ1) is 17.1. The summed E-state index contributed by atoms with van der Waals surface area (Å²) in [7, 11) is 0. The number of rotatable bonds is 6. The third kappa shape index (κ3) is 4.40. The zero-order valence-corrected chi connectivity index (χ0v) is 14.7. The highest BCUT2D eigenvalue weighted by Gasteiger charge is 2.28. The van der Waals surface area contributed by atoms with Gasteiger partial charge in [-0.05, 0) is 37.0 Å². The van der Waals surface area contributed by atoms with E-state index in [2.05, 4.69) is 36.5 Å². The first-order valence-electron chi connectivity index (χ1n) is 8.38. The van der Waals surface area contributed by atoms with Gasteiger partial charge in [0.05, 0.1) is 17.9 Å². The van der Waals surface area contributed by atoms with Crippen molar-refractivity contribution < 1.29 is 9.53 Å². The lowest BCUT2D eigenvalue weighted by atomic mass is 9.99. The van der Waals surface area contributed by atoms with E-state index in [0.717, 1.165) is 29.9 Å². The molecule has 0 radical (unpaired) electrons. The minimum Gasteiger partial charge on any atom is -0.376 e. The maximum atomic E-state index is 12.5. The number of carbonyl (C=O) groups is 1. The summed E-state index contributed by atoms with van der Waals surface area (Å²) in [6, 6.07) is 18.2. The predicted octanol–water partition coefficient (Wildman–Crippen LogP) is 4.12. The Morgan fingerprint density at radius 3 is 2.67 bits per heavy atom. The van der Waals surface area contributed by atoms with Gasteiger partial charge < -0.3 is 10.1 Å². The van der Waals surface area contributed by atoms with Crippen LogP contribution in [0, 0.1) is 6.92 Å². The molecule has 1 heterocycles. The fourth-order valence-corrected chi connectivity index (χ4v) is 3.83. The first-order valence-corrected chi connectivity index (χ1v) is 9.37. The van der Waals surface area contributed by atoms with Crippen molar-refractivity contribution in [2.75, 3.05) is 12.4 Å². The molecular formula is C20H23NO2S. The van der Waals surface area contributed by atoms with Crippen LogP contribution in [0.4, 0.5) is 0 Å². The molecule has 24 heavy (non-hydrogen) atoms. The van der Waals surface area contributed by atoms with Crippen molar-refractivity contribution in [3.63, 3.8) is 0 Å². The molecule has 1 aliphatic heterocycles. The van der Waals surface area contributed by atoms with Gasteiger partial charge in [-0.2, -0.15) is 0 Å². The lowest BCUT2D eigenvalue weighted by Gasteiger charge is -2.24. The number of hydrogen-bond donors (Lipinski definition) is 1. The van der Waals surface area contributed by atoms with Crippen molar-refractivity contribution in [2.24, 2.45) is 0 Å². The predicted molar refractivity (Wildman–Crippen MR) is 98.2 cm³/mol. The summed E-state index contributed by atoms with van der Waals surface area (Å²) in [5, 5.41) is 3.18. The van der Waals surface area contributed by atoms with Gasteiger partial charge in [0.25, 0.3) is 0 Å². The average molecular weight is 341 g/mol. The summed E-state index contributed by atoms with van der Waals surface area (Å²) in [5.41, 5.74) is 2.31. The monoisotopic (exact) mass is 341 g/mol. The minimum absolute atomic E-state index is 0.0487. The van der Waals surface area contributed by atoms with Gasteiger partial charge in [0, 0.05) is 11.5 Å². The Bertz CT molecular complexity index is 668. The minimum atomic E-state index is -0.0707. The van der Waals surface area contributed by atoms with Crippen LogP contribution in [0.25, 0.3) is 0 Å². The van der Waals surface area contributed by atoms with Crippen LogP contribution in [-0.2, 0) is 9.53 Å². The SMILES string of the molecule is Cc1ccccc1SCC(=O)N[C@H](c1ccccc1)[C@@H]1CCCO1. The molecule has 0 aliphatic carbocycles. The van der Waals surface area contributed by atoms with E-state index >= 15 is 0 Å². The normalized spacial score (nSPS) is 18.3. The number of benzene rings is 2. The molecule has 0 saturated carbocycles. The zero-order valence-electron chi connectivity index (χ0n) is 13.9. The number of carbonyl (C=O) groups excluding carboxylic acids is 1. The van der Waals surface area contributed by atoms with E-state index in [1.807, 2.05) is 30.3 Å². The summed E-state index contributed by atoms with van der Waals surface area (Å²) in [5.74, 6) is 0.466. The average Bonchev–Trinajstić information content (AvgIpc) is 3.14. The molecule has 1 N–H and O–H groups in total. The van der Waals surface area contributed by atoms with Crippen LogP contribution in [0.1, 0.15) is 30.0 Å². The molecule has 2 atom stereocenters. The van der Waals surface area contributed by atoms with Crippen molar-refractivity contribution in [1.82, 2.24) is 5.32 Å². The Kier molecular flexibility index (Phi) is 5.94. The van der Waals surface area contributed by atoms with Crippen molar-refractivity contribution >= 4 is 17.7 Å². The molecule has 1 saturated heterocycles. The van der Waals surface area contributed by atoms with Crippen LogP contribution in [0.5, 0.6) is 0 Å². The number of hydrogen-bond acceptors (Lipinski definition) is 3. The molecule has 1 amide bonds. The van der Waals surface area contributed by atoms with Crippen LogP contribution >= 0.6 is 11.8 Å². The van der Waals surface area contributed by atoms with E-state index in [9.17, 15) is 4.79 Å². The van der Waals surface area contributed by atoms with Gasteiger partial charge in [-0.15, -0.1) is 11.8 Å². The van der Waals surface area contributed by atoms with Gasteiger partial charge in [0.15, 0.2) is 0 Å². The molecule has 1 fully saturated rings. The van der Waals surface area contributed by atoms with Gasteiger partial charge >= 0.3 is 0 Å². The second kappa shape index (κ2) is 8.36. The van der Waals surface area contributed by atoms with Crippen LogP contribution in [0.15, 0.2) is 59.5 Å². The summed E-state index contributed by atoms with van der Waals surface area (Å²) < 4.78 is 5.83. The standard InChI is InChI=1S/C20H23NO2S/c1-15-8-5-6-12-18(15)24-14-19(22)21-20(17-11-7-13-23-17)16-9-3-2-4-10-16/h2-6,8-10,12,17,20H,7,11,13-14H2,1H3,(H,21,22)/t17-,20+/m0/s1. The number of ether oxygens (including phenoxy) is 1. The first-order chi connectivity index (χ1) is 11.7. The third-order valence-electron chi connectivity index (χ3n) is 4.26. The van der Waals surface area contributed by atoms with Crippen LogP contribution in [0.2, 0.25) is 0 Å². The lowest BCUT2D eigenvalue weighted by molar-refractivity contribution is -0.120. The highest BCUT2D eigenvalue weighted by Crippen LogP contribution is 2.27. The maximum absolute atomic E-state index is 12.5. The van der Waals surface area contributed by atoms with E-state index in [1.54, 1.807) is 11.8 Å². The molecule has 0 spiro atoms. The molecule has 1 aliphatic rings. The second-order valence-corrected chi connectivity index (χ2v) is 7.08. The van der Waals surface area contributed by atoms with Crippen LogP contribution in [0.3, 0.4) is 0 Å². The number of amides is 1. The van der Waals surface area contributed by atoms with E-state index in [-0.39, 0.29) is 18.1 Å². The molecule has 0 bridgehead atoms. The Hall–Kier alpha value is -1.78. The van der Waals surface area contributed by atoms with E-state index in [0.29, 0.717) is 5.75 Å². The summed E-state index contributed by atoms with van der Waals surface area (Å²) in [6.07, 6.45) is 2.12. The lowest BCUT2D eigenvalue weighted by Crippen LogP contribution is -2.37. The molecule has 4 heteroatoms. The Morgan fingerprint density at radius 2 is 1.96 bits per heavy atom. The Morgan fingerprint density at radius 1 is 1.21 bits per heavy atom. The highest BCUT2D eigenvalue weighted by molar-refractivity contribution is 8.00. The van der Waals surface area contributed by atoms with Crippen molar-refractivity contribution in [3.8, 4) is 0 Å². The summed E-state index contributed by atoms with van der Waals surface area (Å²) in [6.45, 7) is 2.85. The highest BCUT2D eigenvalue weighted by atomic mass is 32.2. The van der Waals surface area contributed by atoms with Crippen LogP contribution < -0.4 is 5.32 Å². The van der Waals surface area contributed by atoms with Crippen molar-refractivity contribution in [2.45, 2.75) is 36.8 Å². The van der Waals surface area contributed by atoms with Gasteiger partial charge in [-0.1, -0.05) is 48.5 Å². The Balaban J connectivity index is 1.64. The van der Waals surface area contributed by atoms with Gasteiger partial charge in [0.1, 0.15) is 0 Å². The molecule has 0 aromatic heterocycles. The molecule has 3 nitrogen and oxygen atoms in total. The van der Waals surface area contributed by atoms with Gasteiger partial charge in [0.2, 0.25) is 5.91 Å². The Labute approximate surface area is 147 Å². The van der Waals surface area contributed by atoms with Crippen molar-refractivity contribution in [3.05, 3.63) is 65.7 Å². The molecule has 0 unspecified atom stereocenters. The molecule has 2 aromatic rings. The van der Waals surface area contributed by atoms with E-state index in [4.69, 9.17) is 4.74 Å². The fraction of sp³-hybridized carbons (Fsp3) is 0.350. The summed E-state index contributed by atoms with van der Waals surface area (Å²) in [4.78, 5) is 13.6. The largest absolute Gasteiger partial charge is 0.376 e. The molecule has 2 aromatic carbocycles. The number of nitrogens with one attached hydrogen (secondary N) is 1. The van der Waals surface area contributed by atoms with Crippen LogP contribution in [-0.4, -0.2) is 24.4 Å². The zero-order chi connectivity index (χ0) is 16.8. The fourth-order valence-electron chi connectivity index (χ4n) is 2.99. The van der Waals surface area contributed by atoms with E-state index in [1.165, 1.54) is 5.56 Å². The third-order valence-corrected chi connectivity index (χ3v) is 5.44. The van der Waals surface area contributed by atoms with Gasteiger partial charge in [-0.25, -0.2) is 0 Å². The van der Waals surface area contributed by atoms with E-state index < -0.39 is 0 Å². The molecule has 3 rings (SSSR count). The maximum Gasteiger partial charge on any atom is 0.230 e. The van der Waals surface area contributed by atoms with Gasteiger partial charge in [-0.3, -0.25) is 4.79 Å². The molecule has 126 valence electrons. The quantitative estimate of drug-likeness (QED) is 0.803.